The van der Waals surface area contributed by atoms with Crippen molar-refractivity contribution in [1.82, 2.24) is 4.57 Å². The lowest BCUT2D eigenvalue weighted by Gasteiger charge is -2.10. The number of carbonyl (C=O) groups excluding carboxylic acids is 1. The van der Waals surface area contributed by atoms with Gasteiger partial charge in [-0.05, 0) is 80.8 Å². The number of anilines is 1. The third kappa shape index (κ3) is 4.26. The molecule has 0 aliphatic carbocycles. The van der Waals surface area contributed by atoms with Gasteiger partial charge in [0.1, 0.15) is 11.6 Å². The van der Waals surface area contributed by atoms with Gasteiger partial charge in [0, 0.05) is 27.8 Å². The number of nitrogens with one attached hydrogen (secondary N) is 1. The zero-order valence-corrected chi connectivity index (χ0v) is 17.6. The van der Waals surface area contributed by atoms with E-state index in [1.807, 2.05) is 82.3 Å². The van der Waals surface area contributed by atoms with Crippen LogP contribution in [0.5, 0.6) is 0 Å². The Balaban J connectivity index is 1.96. The van der Waals surface area contributed by atoms with Crippen molar-refractivity contribution >= 4 is 29.3 Å². The van der Waals surface area contributed by atoms with Crippen molar-refractivity contribution in [3.05, 3.63) is 87.2 Å². The number of nitriles is 1. The fraction of sp³-hybridized carbons (Fsp3) is 0.167. The maximum atomic E-state index is 12.7. The van der Waals surface area contributed by atoms with Gasteiger partial charge < -0.3 is 9.88 Å². The van der Waals surface area contributed by atoms with Gasteiger partial charge in [0.2, 0.25) is 0 Å². The molecule has 0 spiro atoms. The Bertz CT molecular complexity index is 1170. The first-order valence-electron chi connectivity index (χ1n) is 9.26. The number of hydrogen-bond acceptors (Lipinski definition) is 2. The Hall–Kier alpha value is -3.29. The first-order chi connectivity index (χ1) is 13.8. The Kier molecular flexibility index (Phi) is 5.91. The number of aryl methyl sites for hydroxylation is 2. The molecule has 3 aromatic rings. The summed E-state index contributed by atoms with van der Waals surface area (Å²) in [5.74, 6) is -0.422. The normalized spacial score (nSPS) is 11.2. The lowest BCUT2D eigenvalue weighted by molar-refractivity contribution is -0.112. The van der Waals surface area contributed by atoms with Crippen molar-refractivity contribution in [3.8, 4) is 11.8 Å². The third-order valence-electron chi connectivity index (χ3n) is 5.05. The first-order valence-corrected chi connectivity index (χ1v) is 9.64. The van der Waals surface area contributed by atoms with Crippen LogP contribution in [0.25, 0.3) is 11.8 Å². The number of benzene rings is 2. The van der Waals surface area contributed by atoms with E-state index in [2.05, 4.69) is 9.88 Å². The average molecular weight is 404 g/mol. The van der Waals surface area contributed by atoms with E-state index in [1.54, 1.807) is 6.08 Å². The lowest BCUT2D eigenvalue weighted by Crippen LogP contribution is -2.14. The number of hydrogen-bond donors (Lipinski definition) is 1. The van der Waals surface area contributed by atoms with Gasteiger partial charge in [-0.15, -0.1) is 0 Å². The molecule has 0 saturated carbocycles. The molecule has 1 heterocycles. The maximum absolute atomic E-state index is 12.7. The highest BCUT2D eigenvalue weighted by atomic mass is 35.5. The van der Waals surface area contributed by atoms with E-state index < -0.39 is 5.91 Å². The summed E-state index contributed by atoms with van der Waals surface area (Å²) in [6.07, 6.45) is 1.63. The quantitative estimate of drug-likeness (QED) is 0.434. The van der Waals surface area contributed by atoms with Crippen LogP contribution >= 0.6 is 11.6 Å². The highest BCUT2D eigenvalue weighted by Crippen LogP contribution is 2.25. The van der Waals surface area contributed by atoms with Crippen LogP contribution in [-0.4, -0.2) is 10.5 Å². The second kappa shape index (κ2) is 8.38. The van der Waals surface area contributed by atoms with Crippen molar-refractivity contribution < 1.29 is 4.79 Å². The summed E-state index contributed by atoms with van der Waals surface area (Å²) in [5, 5.41) is 13.1. The third-order valence-corrected chi connectivity index (χ3v) is 5.29. The van der Waals surface area contributed by atoms with Gasteiger partial charge in [0.15, 0.2) is 0 Å². The maximum Gasteiger partial charge on any atom is 0.266 e. The molecule has 5 heteroatoms. The minimum absolute atomic E-state index is 0.0530. The van der Waals surface area contributed by atoms with E-state index >= 15 is 0 Å². The predicted octanol–water partition coefficient (Wildman–Crippen LogP) is 5.91. The van der Waals surface area contributed by atoms with Crippen LogP contribution in [0, 0.1) is 39.0 Å². The second-order valence-electron chi connectivity index (χ2n) is 7.01. The predicted molar refractivity (Wildman–Crippen MR) is 118 cm³/mol. The van der Waals surface area contributed by atoms with Gasteiger partial charge in [-0.1, -0.05) is 29.8 Å². The standard InChI is InChI=1S/C24H22ClN3O/c1-15-7-5-10-23(17(15)3)27-24(29)20(14-26)12-19-11-16(2)28(18(19)4)22-9-6-8-21(25)13-22/h5-13H,1-4H3,(H,27,29)/b20-12-. The molecule has 0 saturated heterocycles. The molecule has 0 fully saturated rings. The molecule has 3 rings (SSSR count). The van der Waals surface area contributed by atoms with Gasteiger partial charge >= 0.3 is 0 Å². The summed E-state index contributed by atoms with van der Waals surface area (Å²) < 4.78 is 2.05. The molecule has 146 valence electrons. The Morgan fingerprint density at radius 3 is 2.52 bits per heavy atom. The number of halogens is 1. The summed E-state index contributed by atoms with van der Waals surface area (Å²) in [4.78, 5) is 12.7. The zero-order valence-electron chi connectivity index (χ0n) is 16.9. The van der Waals surface area contributed by atoms with E-state index in [1.165, 1.54) is 0 Å². The second-order valence-corrected chi connectivity index (χ2v) is 7.45. The summed E-state index contributed by atoms with van der Waals surface area (Å²) in [7, 11) is 0. The molecule has 1 aromatic heterocycles. The van der Waals surface area contributed by atoms with Crippen molar-refractivity contribution in [3.63, 3.8) is 0 Å². The van der Waals surface area contributed by atoms with Crippen molar-refractivity contribution in [2.45, 2.75) is 27.7 Å². The van der Waals surface area contributed by atoms with Gasteiger partial charge in [0.05, 0.1) is 0 Å². The SMILES string of the molecule is Cc1cccc(NC(=O)/C(C#N)=C\c2cc(C)n(-c3cccc(Cl)c3)c2C)c1C. The number of aromatic nitrogens is 1. The molecule has 0 aliphatic heterocycles. The molecule has 1 N–H and O–H groups in total. The van der Waals surface area contributed by atoms with Gasteiger partial charge in [-0.3, -0.25) is 4.79 Å². The van der Waals surface area contributed by atoms with Crippen LogP contribution in [0.15, 0.2) is 54.1 Å². The molecule has 0 bridgehead atoms. The highest BCUT2D eigenvalue weighted by molar-refractivity contribution is 6.30. The number of nitrogens with zero attached hydrogens (tertiary/aromatic N) is 2. The minimum atomic E-state index is -0.422. The number of carbonyl (C=O) groups is 1. The molecule has 1 amide bonds. The van der Waals surface area contributed by atoms with Crippen LogP contribution in [0.3, 0.4) is 0 Å². The van der Waals surface area contributed by atoms with Crippen molar-refractivity contribution in [2.75, 3.05) is 5.32 Å². The first kappa shape index (κ1) is 20.4. The number of amides is 1. The van der Waals surface area contributed by atoms with Crippen LogP contribution in [0.2, 0.25) is 5.02 Å². The molecule has 2 aromatic carbocycles. The molecule has 0 aliphatic rings. The van der Waals surface area contributed by atoms with E-state index in [0.29, 0.717) is 10.7 Å². The van der Waals surface area contributed by atoms with E-state index in [-0.39, 0.29) is 5.57 Å². The Morgan fingerprint density at radius 2 is 1.83 bits per heavy atom. The van der Waals surface area contributed by atoms with E-state index in [0.717, 1.165) is 33.8 Å². The van der Waals surface area contributed by atoms with Crippen LogP contribution < -0.4 is 5.32 Å². The Labute approximate surface area is 176 Å². The molecular formula is C24H22ClN3O. The average Bonchev–Trinajstić information content (AvgIpc) is 2.96. The monoisotopic (exact) mass is 403 g/mol. The fourth-order valence-electron chi connectivity index (χ4n) is 3.33. The summed E-state index contributed by atoms with van der Waals surface area (Å²) in [5.41, 5.74) is 6.49. The van der Waals surface area contributed by atoms with Gasteiger partial charge in [-0.2, -0.15) is 5.26 Å². The fourth-order valence-corrected chi connectivity index (χ4v) is 3.51. The van der Waals surface area contributed by atoms with Crippen LogP contribution in [-0.2, 0) is 4.79 Å². The Morgan fingerprint density at radius 1 is 1.10 bits per heavy atom. The zero-order chi connectivity index (χ0) is 21.1. The van der Waals surface area contributed by atoms with Crippen molar-refractivity contribution in [1.29, 1.82) is 5.26 Å². The van der Waals surface area contributed by atoms with Gasteiger partial charge in [-0.25, -0.2) is 0 Å². The molecule has 4 nitrogen and oxygen atoms in total. The largest absolute Gasteiger partial charge is 0.321 e. The lowest BCUT2D eigenvalue weighted by atomic mass is 10.1. The minimum Gasteiger partial charge on any atom is -0.321 e. The smallest absolute Gasteiger partial charge is 0.266 e. The van der Waals surface area contributed by atoms with Crippen LogP contribution in [0.1, 0.15) is 28.1 Å². The van der Waals surface area contributed by atoms with E-state index in [9.17, 15) is 10.1 Å². The molecule has 0 atom stereocenters. The summed E-state index contributed by atoms with van der Waals surface area (Å²) in [6.45, 7) is 7.86. The molecular weight excluding hydrogens is 382 g/mol. The van der Waals surface area contributed by atoms with Gasteiger partial charge in [0.25, 0.3) is 5.91 Å². The molecule has 0 unspecified atom stereocenters. The van der Waals surface area contributed by atoms with E-state index in [4.69, 9.17) is 11.6 Å². The van der Waals surface area contributed by atoms with Crippen LogP contribution in [0.4, 0.5) is 5.69 Å². The molecule has 29 heavy (non-hydrogen) atoms. The highest BCUT2D eigenvalue weighted by Gasteiger charge is 2.15. The topological polar surface area (TPSA) is 57.8 Å². The van der Waals surface area contributed by atoms with Crippen molar-refractivity contribution in [2.24, 2.45) is 0 Å². The summed E-state index contributed by atoms with van der Waals surface area (Å²) >= 11 is 6.13. The number of rotatable bonds is 4. The molecule has 0 radical (unpaired) electrons. The summed E-state index contributed by atoms with van der Waals surface area (Å²) in [6, 6.07) is 17.3.